The van der Waals surface area contributed by atoms with Crippen molar-refractivity contribution in [2.24, 2.45) is 5.90 Å². The molecule has 15 heavy (non-hydrogen) atoms. The van der Waals surface area contributed by atoms with Gasteiger partial charge in [0.2, 0.25) is 0 Å². The third-order valence-electron chi connectivity index (χ3n) is 2.20. The molecule has 0 amide bonds. The van der Waals surface area contributed by atoms with Crippen molar-refractivity contribution in [1.82, 2.24) is 0 Å². The lowest BCUT2D eigenvalue weighted by Gasteiger charge is -2.07. The second kappa shape index (κ2) is 4.53. The van der Waals surface area contributed by atoms with Crippen LogP contribution in [0.25, 0.3) is 10.8 Å². The molecule has 2 aromatic carbocycles. The summed E-state index contributed by atoms with van der Waals surface area (Å²) in [4.78, 5) is 0.980. The van der Waals surface area contributed by atoms with Gasteiger partial charge in [0.1, 0.15) is 5.75 Å². The van der Waals surface area contributed by atoms with Crippen molar-refractivity contribution in [3.05, 3.63) is 36.4 Å². The number of hydrogen-bond acceptors (Lipinski definition) is 4. The summed E-state index contributed by atoms with van der Waals surface area (Å²) >= 11 is 1.15. The van der Waals surface area contributed by atoms with Crippen molar-refractivity contribution in [2.75, 3.05) is 7.11 Å². The van der Waals surface area contributed by atoms with Gasteiger partial charge in [-0.25, -0.2) is 10.2 Å². The molecule has 0 heterocycles. The van der Waals surface area contributed by atoms with Crippen LogP contribution in [0.4, 0.5) is 0 Å². The fraction of sp³-hybridized carbons (Fsp3) is 0.0909. The fourth-order valence-electron chi connectivity index (χ4n) is 1.55. The van der Waals surface area contributed by atoms with Crippen LogP contribution in [0.3, 0.4) is 0 Å². The Kier molecular flexibility index (Phi) is 3.11. The Morgan fingerprint density at radius 1 is 1.07 bits per heavy atom. The van der Waals surface area contributed by atoms with Crippen molar-refractivity contribution < 1.29 is 9.02 Å². The first-order chi connectivity index (χ1) is 7.36. The minimum absolute atomic E-state index is 0.854. The van der Waals surface area contributed by atoms with Crippen LogP contribution >= 0.6 is 12.0 Å². The highest BCUT2D eigenvalue weighted by Crippen LogP contribution is 2.32. The van der Waals surface area contributed by atoms with Gasteiger partial charge in [0.05, 0.1) is 19.2 Å². The van der Waals surface area contributed by atoms with Crippen LogP contribution in [0.1, 0.15) is 0 Å². The zero-order chi connectivity index (χ0) is 10.7. The van der Waals surface area contributed by atoms with Gasteiger partial charge in [-0.3, -0.25) is 0 Å². The van der Waals surface area contributed by atoms with Gasteiger partial charge in [-0.05, 0) is 12.1 Å². The molecule has 0 aliphatic carbocycles. The Bertz CT molecular complexity index is 473. The first kappa shape index (κ1) is 10.3. The summed E-state index contributed by atoms with van der Waals surface area (Å²) in [5, 5.41) is 2.13. The molecule has 2 aromatic rings. The normalized spacial score (nSPS) is 10.5. The molecule has 4 heteroatoms. The molecule has 3 nitrogen and oxygen atoms in total. The topological polar surface area (TPSA) is 44.5 Å². The van der Waals surface area contributed by atoms with Crippen molar-refractivity contribution >= 4 is 22.8 Å². The van der Waals surface area contributed by atoms with E-state index in [-0.39, 0.29) is 0 Å². The Labute approximate surface area is 92.3 Å². The summed E-state index contributed by atoms with van der Waals surface area (Å²) in [5.41, 5.74) is 0. The Morgan fingerprint density at radius 3 is 2.53 bits per heavy atom. The first-order valence-corrected chi connectivity index (χ1v) is 5.20. The van der Waals surface area contributed by atoms with Gasteiger partial charge in [-0.1, -0.05) is 24.3 Å². The predicted octanol–water partition coefficient (Wildman–Crippen LogP) is 2.75. The van der Waals surface area contributed by atoms with E-state index in [1.165, 1.54) is 0 Å². The minimum atomic E-state index is 0.854. The van der Waals surface area contributed by atoms with Gasteiger partial charge in [0.15, 0.2) is 0 Å². The van der Waals surface area contributed by atoms with Gasteiger partial charge in [-0.15, -0.1) is 0 Å². The minimum Gasteiger partial charge on any atom is -0.496 e. The van der Waals surface area contributed by atoms with E-state index in [0.717, 1.165) is 33.5 Å². The van der Waals surface area contributed by atoms with E-state index >= 15 is 0 Å². The summed E-state index contributed by atoms with van der Waals surface area (Å²) < 4.78 is 9.86. The van der Waals surface area contributed by atoms with Crippen LogP contribution in [0.5, 0.6) is 5.75 Å². The quantitative estimate of drug-likeness (QED) is 0.639. The largest absolute Gasteiger partial charge is 0.496 e. The van der Waals surface area contributed by atoms with E-state index < -0.39 is 0 Å². The van der Waals surface area contributed by atoms with Crippen molar-refractivity contribution in [3.63, 3.8) is 0 Å². The summed E-state index contributed by atoms with van der Waals surface area (Å²) in [6.45, 7) is 0. The molecule has 0 atom stereocenters. The lowest BCUT2D eigenvalue weighted by molar-refractivity contribution is 0.398. The van der Waals surface area contributed by atoms with Crippen molar-refractivity contribution in [3.8, 4) is 5.75 Å². The third kappa shape index (κ3) is 1.92. The molecule has 0 radical (unpaired) electrons. The molecule has 2 N–H and O–H groups in total. The fourth-order valence-corrected chi connectivity index (χ4v) is 2.06. The van der Waals surface area contributed by atoms with Gasteiger partial charge in [0, 0.05) is 15.7 Å². The molecular formula is C11H11NO2S. The van der Waals surface area contributed by atoms with Gasteiger partial charge < -0.3 is 4.74 Å². The zero-order valence-electron chi connectivity index (χ0n) is 8.27. The number of fused-ring (bicyclic) bond motifs is 1. The van der Waals surface area contributed by atoms with Gasteiger partial charge in [-0.2, -0.15) is 0 Å². The molecular weight excluding hydrogens is 210 g/mol. The summed E-state index contributed by atoms with van der Waals surface area (Å²) in [7, 11) is 1.66. The Morgan fingerprint density at radius 2 is 1.80 bits per heavy atom. The first-order valence-electron chi connectivity index (χ1n) is 4.46. The van der Waals surface area contributed by atoms with Crippen LogP contribution in [0, 0.1) is 0 Å². The van der Waals surface area contributed by atoms with E-state index in [1.807, 2.05) is 36.4 Å². The van der Waals surface area contributed by atoms with Crippen LogP contribution < -0.4 is 10.6 Å². The number of nitrogens with two attached hydrogens (primary N) is 1. The highest BCUT2D eigenvalue weighted by atomic mass is 32.2. The summed E-state index contributed by atoms with van der Waals surface area (Å²) in [5.74, 6) is 5.91. The smallest absolute Gasteiger partial charge is 0.126 e. The molecule has 0 saturated carbocycles. The molecule has 2 rings (SSSR count). The van der Waals surface area contributed by atoms with Crippen LogP contribution in [0.2, 0.25) is 0 Å². The molecule has 0 bridgehead atoms. The van der Waals surface area contributed by atoms with Gasteiger partial charge >= 0.3 is 0 Å². The number of hydrogen-bond donors (Lipinski definition) is 1. The lowest BCUT2D eigenvalue weighted by atomic mass is 10.1. The second-order valence-electron chi connectivity index (χ2n) is 2.99. The number of methoxy groups -OCH3 is 1. The van der Waals surface area contributed by atoms with Gasteiger partial charge in [0.25, 0.3) is 0 Å². The molecule has 78 valence electrons. The molecule has 0 spiro atoms. The van der Waals surface area contributed by atoms with Crippen LogP contribution in [-0.2, 0) is 4.28 Å². The third-order valence-corrected chi connectivity index (χ3v) is 2.83. The van der Waals surface area contributed by atoms with E-state index in [1.54, 1.807) is 7.11 Å². The lowest BCUT2D eigenvalue weighted by Crippen LogP contribution is -1.89. The molecule has 0 aliphatic rings. The molecule has 0 aliphatic heterocycles. The summed E-state index contributed by atoms with van der Waals surface area (Å²) in [6, 6.07) is 11.8. The van der Waals surface area contributed by atoms with E-state index in [4.69, 9.17) is 10.6 Å². The van der Waals surface area contributed by atoms with Crippen LogP contribution in [0.15, 0.2) is 41.3 Å². The maximum atomic E-state index is 5.28. The highest BCUT2D eigenvalue weighted by molar-refractivity contribution is 7.94. The SMILES string of the molecule is COc1cccc2c(SON)cccc12. The standard InChI is InChI=1S/C11H11NO2S/c1-13-10-6-2-5-9-8(10)4-3-7-11(9)15-14-12/h2-7H,12H2,1H3. The van der Waals surface area contributed by atoms with E-state index in [9.17, 15) is 0 Å². The zero-order valence-corrected chi connectivity index (χ0v) is 9.08. The van der Waals surface area contributed by atoms with Crippen molar-refractivity contribution in [2.45, 2.75) is 4.90 Å². The Hall–Kier alpha value is -1.23. The second-order valence-corrected chi connectivity index (χ2v) is 3.79. The molecule has 0 saturated heterocycles. The van der Waals surface area contributed by atoms with E-state index in [0.29, 0.717) is 0 Å². The number of ether oxygens (including phenoxy) is 1. The summed E-state index contributed by atoms with van der Waals surface area (Å²) in [6.07, 6.45) is 0. The monoisotopic (exact) mass is 221 g/mol. The number of benzene rings is 2. The average Bonchev–Trinajstić information content (AvgIpc) is 2.29. The predicted molar refractivity (Wildman–Crippen MR) is 61.6 cm³/mol. The Balaban J connectivity index is 2.65. The average molecular weight is 221 g/mol. The van der Waals surface area contributed by atoms with E-state index in [2.05, 4.69) is 4.28 Å². The number of rotatable bonds is 3. The maximum Gasteiger partial charge on any atom is 0.126 e. The highest BCUT2D eigenvalue weighted by Gasteiger charge is 2.05. The van der Waals surface area contributed by atoms with Crippen LogP contribution in [-0.4, -0.2) is 7.11 Å². The van der Waals surface area contributed by atoms with Crippen molar-refractivity contribution in [1.29, 1.82) is 0 Å². The molecule has 0 fully saturated rings. The molecule has 0 unspecified atom stereocenters. The molecule has 0 aromatic heterocycles. The maximum absolute atomic E-state index is 5.28.